The van der Waals surface area contributed by atoms with Crippen molar-refractivity contribution in [1.29, 1.82) is 0 Å². The molecule has 0 bridgehead atoms. The zero-order valence-corrected chi connectivity index (χ0v) is 16.1. The van der Waals surface area contributed by atoms with Crippen molar-refractivity contribution in [2.24, 2.45) is 0 Å². The third-order valence-electron chi connectivity index (χ3n) is 3.86. The normalized spacial score (nSPS) is 10.6. The van der Waals surface area contributed by atoms with Crippen molar-refractivity contribution < 1.29 is 0 Å². The van der Waals surface area contributed by atoms with Crippen molar-refractivity contribution in [3.05, 3.63) is 64.3 Å². The third-order valence-corrected chi connectivity index (χ3v) is 4.72. The van der Waals surface area contributed by atoms with E-state index in [1.807, 2.05) is 29.2 Å². The Morgan fingerprint density at radius 3 is 2.68 bits per heavy atom. The summed E-state index contributed by atoms with van der Waals surface area (Å²) in [5.41, 5.74) is 4.38. The van der Waals surface area contributed by atoms with E-state index >= 15 is 0 Å². The first-order valence-electron chi connectivity index (χ1n) is 8.14. The van der Waals surface area contributed by atoms with Crippen molar-refractivity contribution in [1.82, 2.24) is 15.2 Å². The average molecular weight is 398 g/mol. The Bertz CT molecular complexity index is 881. The second kappa shape index (κ2) is 7.61. The van der Waals surface area contributed by atoms with Gasteiger partial charge in [0.2, 0.25) is 0 Å². The topological polar surface area (TPSA) is 53.9 Å². The summed E-state index contributed by atoms with van der Waals surface area (Å²) < 4.78 is 1.05. The fraction of sp³-hybridized carbons (Fsp3) is 0.211. The van der Waals surface area contributed by atoms with Crippen LogP contribution in [0.2, 0.25) is 0 Å². The lowest BCUT2D eigenvalue weighted by Gasteiger charge is -2.21. The lowest BCUT2D eigenvalue weighted by atomic mass is 10.2. The molecule has 0 saturated carbocycles. The maximum absolute atomic E-state index is 4.62. The van der Waals surface area contributed by atoms with Gasteiger partial charge < -0.3 is 10.2 Å². The maximum Gasteiger partial charge on any atom is 0.251 e. The average Bonchev–Trinajstić information content (AvgIpc) is 2.59. The summed E-state index contributed by atoms with van der Waals surface area (Å²) in [6.07, 6.45) is 1.63. The predicted octanol–water partition coefficient (Wildman–Crippen LogP) is 5.15. The minimum Gasteiger partial charge on any atom is -0.339 e. The summed E-state index contributed by atoms with van der Waals surface area (Å²) in [4.78, 5) is 6.66. The van der Waals surface area contributed by atoms with E-state index in [-0.39, 0.29) is 0 Å². The molecule has 0 aliphatic carbocycles. The zero-order chi connectivity index (χ0) is 17.8. The van der Waals surface area contributed by atoms with E-state index < -0.39 is 0 Å². The highest BCUT2D eigenvalue weighted by Crippen LogP contribution is 2.25. The fourth-order valence-corrected chi connectivity index (χ4v) is 2.90. The van der Waals surface area contributed by atoms with Crippen molar-refractivity contribution in [3.8, 4) is 0 Å². The number of nitrogens with zero attached hydrogens (tertiary/aromatic N) is 4. The number of halogens is 1. The number of hydrogen-bond donors (Lipinski definition) is 1. The first-order valence-corrected chi connectivity index (χ1v) is 8.93. The molecular weight excluding hydrogens is 378 g/mol. The standard InChI is InChI=1S/C19H20BrN5/c1-4-25(16-7-5-6-13(2)10-16)19-23-18(12-21-24-19)22-15-9-8-14(3)17(20)11-15/h5-12H,4H2,1-3H3,(H,22,23,24). The van der Waals surface area contributed by atoms with Crippen LogP contribution in [0.4, 0.5) is 23.1 Å². The van der Waals surface area contributed by atoms with Crippen LogP contribution in [0.25, 0.3) is 0 Å². The summed E-state index contributed by atoms with van der Waals surface area (Å²) in [7, 11) is 0. The number of anilines is 4. The Kier molecular flexibility index (Phi) is 5.28. The van der Waals surface area contributed by atoms with Gasteiger partial charge in [-0.2, -0.15) is 10.1 Å². The lowest BCUT2D eigenvalue weighted by Crippen LogP contribution is -2.19. The molecule has 3 rings (SSSR count). The number of hydrogen-bond acceptors (Lipinski definition) is 5. The van der Waals surface area contributed by atoms with Gasteiger partial charge in [0.1, 0.15) is 0 Å². The molecule has 3 aromatic rings. The highest BCUT2D eigenvalue weighted by Gasteiger charge is 2.12. The molecule has 0 atom stereocenters. The Hall–Kier alpha value is -2.47. The number of nitrogens with one attached hydrogen (secondary N) is 1. The molecule has 6 heteroatoms. The lowest BCUT2D eigenvalue weighted by molar-refractivity contribution is 0.886. The van der Waals surface area contributed by atoms with E-state index in [0.717, 1.165) is 22.4 Å². The van der Waals surface area contributed by atoms with Gasteiger partial charge in [-0.1, -0.05) is 34.1 Å². The van der Waals surface area contributed by atoms with E-state index in [9.17, 15) is 0 Å². The predicted molar refractivity (Wildman–Crippen MR) is 106 cm³/mol. The molecule has 0 spiro atoms. The smallest absolute Gasteiger partial charge is 0.251 e. The van der Waals surface area contributed by atoms with Gasteiger partial charge in [-0.3, -0.25) is 0 Å². The van der Waals surface area contributed by atoms with Crippen LogP contribution in [0.5, 0.6) is 0 Å². The Morgan fingerprint density at radius 2 is 1.96 bits per heavy atom. The van der Waals surface area contributed by atoms with Crippen LogP contribution in [-0.4, -0.2) is 21.7 Å². The summed E-state index contributed by atoms with van der Waals surface area (Å²) >= 11 is 3.55. The molecule has 128 valence electrons. The maximum atomic E-state index is 4.62. The Labute approximate surface area is 156 Å². The molecule has 25 heavy (non-hydrogen) atoms. The highest BCUT2D eigenvalue weighted by molar-refractivity contribution is 9.10. The monoisotopic (exact) mass is 397 g/mol. The van der Waals surface area contributed by atoms with Crippen LogP contribution in [-0.2, 0) is 0 Å². The van der Waals surface area contributed by atoms with Crippen molar-refractivity contribution >= 4 is 39.1 Å². The van der Waals surface area contributed by atoms with E-state index in [1.54, 1.807) is 6.20 Å². The summed E-state index contributed by atoms with van der Waals surface area (Å²) in [6, 6.07) is 14.4. The molecule has 0 amide bonds. The number of aromatic nitrogens is 3. The van der Waals surface area contributed by atoms with Crippen LogP contribution in [0.1, 0.15) is 18.1 Å². The molecule has 5 nitrogen and oxygen atoms in total. The first kappa shape index (κ1) is 17.4. The first-order chi connectivity index (χ1) is 12.1. The molecule has 0 fully saturated rings. The third kappa shape index (κ3) is 4.14. The second-order valence-corrected chi connectivity index (χ2v) is 6.67. The van der Waals surface area contributed by atoms with Crippen molar-refractivity contribution in [3.63, 3.8) is 0 Å². The largest absolute Gasteiger partial charge is 0.339 e. The zero-order valence-electron chi connectivity index (χ0n) is 14.5. The van der Waals surface area contributed by atoms with E-state index in [4.69, 9.17) is 0 Å². The minimum absolute atomic E-state index is 0.573. The summed E-state index contributed by atoms with van der Waals surface area (Å²) in [5, 5.41) is 11.6. The molecule has 2 aromatic carbocycles. The molecule has 0 unspecified atom stereocenters. The molecule has 1 aromatic heterocycles. The minimum atomic E-state index is 0.573. The van der Waals surface area contributed by atoms with Crippen LogP contribution in [0, 0.1) is 13.8 Å². The van der Waals surface area contributed by atoms with Crippen LogP contribution in [0.3, 0.4) is 0 Å². The van der Waals surface area contributed by atoms with Gasteiger partial charge in [-0.15, -0.1) is 5.10 Å². The quantitative estimate of drug-likeness (QED) is 0.644. The van der Waals surface area contributed by atoms with Gasteiger partial charge in [0, 0.05) is 22.4 Å². The molecule has 0 aliphatic rings. The van der Waals surface area contributed by atoms with E-state index in [0.29, 0.717) is 11.8 Å². The number of aryl methyl sites for hydroxylation is 2. The molecular formula is C19H20BrN5. The molecule has 0 saturated heterocycles. The Morgan fingerprint density at radius 1 is 1.12 bits per heavy atom. The molecule has 1 N–H and O–H groups in total. The van der Waals surface area contributed by atoms with Crippen LogP contribution in [0.15, 0.2) is 53.1 Å². The van der Waals surface area contributed by atoms with E-state index in [2.05, 4.69) is 75.4 Å². The SMILES string of the molecule is CCN(c1cccc(C)c1)c1nncc(Nc2ccc(C)c(Br)c2)n1. The second-order valence-electron chi connectivity index (χ2n) is 5.81. The summed E-state index contributed by atoms with van der Waals surface area (Å²) in [6.45, 7) is 6.95. The Balaban J connectivity index is 1.88. The fourth-order valence-electron chi connectivity index (χ4n) is 2.52. The van der Waals surface area contributed by atoms with Crippen LogP contribution < -0.4 is 10.2 Å². The van der Waals surface area contributed by atoms with Gasteiger partial charge in [0.15, 0.2) is 5.82 Å². The van der Waals surface area contributed by atoms with Gasteiger partial charge in [0.05, 0.1) is 6.20 Å². The summed E-state index contributed by atoms with van der Waals surface area (Å²) in [5.74, 6) is 1.23. The molecule has 1 heterocycles. The number of benzene rings is 2. The van der Waals surface area contributed by atoms with Crippen molar-refractivity contribution in [2.45, 2.75) is 20.8 Å². The highest BCUT2D eigenvalue weighted by atomic mass is 79.9. The van der Waals surface area contributed by atoms with Crippen LogP contribution >= 0.6 is 15.9 Å². The van der Waals surface area contributed by atoms with Gasteiger partial charge >= 0.3 is 0 Å². The van der Waals surface area contributed by atoms with Gasteiger partial charge in [-0.05, 0) is 56.2 Å². The van der Waals surface area contributed by atoms with Crippen molar-refractivity contribution in [2.75, 3.05) is 16.8 Å². The molecule has 0 aliphatic heterocycles. The van der Waals surface area contributed by atoms with Gasteiger partial charge in [-0.25, -0.2) is 0 Å². The molecule has 0 radical (unpaired) electrons. The number of rotatable bonds is 5. The van der Waals surface area contributed by atoms with Gasteiger partial charge in [0.25, 0.3) is 5.95 Å². The van der Waals surface area contributed by atoms with E-state index in [1.165, 1.54) is 11.1 Å².